The molecule has 1 N–H and O–H groups in total. The number of hydrogen-bond donors (Lipinski definition) is 1. The van der Waals surface area contributed by atoms with Crippen LogP contribution in [0.4, 0.5) is 0 Å². The average molecular weight is 196 g/mol. The zero-order chi connectivity index (χ0) is 10.3. The molecule has 4 nitrogen and oxygen atoms in total. The van der Waals surface area contributed by atoms with Crippen LogP contribution in [0.1, 0.15) is 20.3 Å². The van der Waals surface area contributed by atoms with Crippen LogP contribution in [0.2, 0.25) is 0 Å². The van der Waals surface area contributed by atoms with Crippen LogP contribution in [0.5, 0.6) is 0 Å². The van der Waals surface area contributed by atoms with Gasteiger partial charge in [0.15, 0.2) is 0 Å². The summed E-state index contributed by atoms with van der Waals surface area (Å²) in [6, 6.07) is 0.400. The zero-order valence-corrected chi connectivity index (χ0v) is 8.62. The van der Waals surface area contributed by atoms with Crippen LogP contribution in [0.25, 0.3) is 0 Å². The number of likely N-dealkylation sites (tertiary alicyclic amines) is 1. The highest BCUT2D eigenvalue weighted by Gasteiger charge is 2.58. The lowest BCUT2D eigenvalue weighted by atomic mass is 10.3. The molecule has 14 heavy (non-hydrogen) atoms. The van der Waals surface area contributed by atoms with Crippen LogP contribution in [0.3, 0.4) is 0 Å². The topological polar surface area (TPSA) is 49.4 Å². The second-order valence-electron chi connectivity index (χ2n) is 4.39. The molecular weight excluding hydrogens is 180 g/mol. The molecule has 1 saturated carbocycles. The monoisotopic (exact) mass is 196 g/mol. The van der Waals surface area contributed by atoms with Crippen LogP contribution in [-0.2, 0) is 9.59 Å². The highest BCUT2D eigenvalue weighted by Crippen LogP contribution is 2.46. The first-order valence-electron chi connectivity index (χ1n) is 5.20. The molecule has 0 bridgehead atoms. The molecule has 1 aliphatic heterocycles. The number of amides is 2. The number of imide groups is 1. The zero-order valence-electron chi connectivity index (χ0n) is 8.62. The summed E-state index contributed by atoms with van der Waals surface area (Å²) in [5.41, 5.74) is 0. The summed E-state index contributed by atoms with van der Waals surface area (Å²) in [5, 5.41) is 3.20. The largest absolute Gasteiger partial charge is 0.313 e. The fraction of sp³-hybridized carbons (Fsp3) is 0.800. The number of nitrogens with one attached hydrogen (secondary N) is 1. The minimum Gasteiger partial charge on any atom is -0.313 e. The molecule has 2 rings (SSSR count). The van der Waals surface area contributed by atoms with Crippen molar-refractivity contribution in [1.82, 2.24) is 10.2 Å². The van der Waals surface area contributed by atoms with Crippen LogP contribution in [-0.4, -0.2) is 35.8 Å². The van der Waals surface area contributed by atoms with Crippen molar-refractivity contribution in [3.8, 4) is 0 Å². The molecule has 2 atom stereocenters. The number of fused-ring (bicyclic) bond motifs is 1. The Morgan fingerprint density at radius 3 is 2.43 bits per heavy atom. The Bertz CT molecular complexity index is 255. The lowest BCUT2D eigenvalue weighted by Crippen LogP contribution is -2.39. The van der Waals surface area contributed by atoms with Gasteiger partial charge in [0.05, 0.1) is 11.8 Å². The number of carbonyl (C=O) groups excluding carboxylic acids is 2. The van der Waals surface area contributed by atoms with Gasteiger partial charge in [-0.3, -0.25) is 14.5 Å². The molecule has 78 valence electrons. The number of rotatable bonds is 4. The van der Waals surface area contributed by atoms with Gasteiger partial charge in [-0.1, -0.05) is 13.8 Å². The van der Waals surface area contributed by atoms with Crippen molar-refractivity contribution in [2.45, 2.75) is 26.3 Å². The van der Waals surface area contributed by atoms with Gasteiger partial charge in [0, 0.05) is 19.1 Å². The summed E-state index contributed by atoms with van der Waals surface area (Å²) in [7, 11) is 0. The summed E-state index contributed by atoms with van der Waals surface area (Å²) in [5.74, 6) is 0.180. The maximum Gasteiger partial charge on any atom is 0.233 e. The highest BCUT2D eigenvalue weighted by atomic mass is 16.2. The maximum atomic E-state index is 11.5. The molecule has 0 radical (unpaired) electrons. The van der Waals surface area contributed by atoms with Crippen molar-refractivity contribution in [3.05, 3.63) is 0 Å². The number of carbonyl (C=O) groups is 2. The normalized spacial score (nSPS) is 30.1. The minimum atomic E-state index is 0.0431. The van der Waals surface area contributed by atoms with Crippen LogP contribution in [0.15, 0.2) is 0 Å². The third-order valence-electron chi connectivity index (χ3n) is 2.84. The SMILES string of the molecule is CC(C)NCCN1C(=O)C2CC2C1=O. The number of hydrogen-bond acceptors (Lipinski definition) is 3. The van der Waals surface area contributed by atoms with Gasteiger partial charge in [-0.15, -0.1) is 0 Å². The molecular formula is C10H16N2O2. The van der Waals surface area contributed by atoms with Gasteiger partial charge in [0.2, 0.25) is 11.8 Å². The van der Waals surface area contributed by atoms with E-state index in [0.29, 0.717) is 19.1 Å². The van der Waals surface area contributed by atoms with E-state index in [9.17, 15) is 9.59 Å². The standard InChI is InChI=1S/C10H16N2O2/c1-6(2)11-3-4-12-9(13)7-5-8(7)10(12)14/h6-8,11H,3-5H2,1-2H3. The quantitative estimate of drug-likeness (QED) is 0.643. The first-order chi connectivity index (χ1) is 6.61. The lowest BCUT2D eigenvalue weighted by Gasteiger charge is -2.17. The second-order valence-corrected chi connectivity index (χ2v) is 4.39. The molecule has 1 aliphatic carbocycles. The molecule has 2 amide bonds. The first kappa shape index (κ1) is 9.65. The van der Waals surface area contributed by atoms with E-state index in [0.717, 1.165) is 6.42 Å². The number of piperidine rings is 1. The molecule has 0 aromatic heterocycles. The van der Waals surface area contributed by atoms with Crippen LogP contribution in [0, 0.1) is 11.8 Å². The van der Waals surface area contributed by atoms with Gasteiger partial charge < -0.3 is 5.32 Å². The average Bonchev–Trinajstić information content (AvgIpc) is 2.84. The Morgan fingerprint density at radius 1 is 1.36 bits per heavy atom. The highest BCUT2D eigenvalue weighted by molar-refractivity contribution is 6.08. The molecule has 0 aromatic rings. The Kier molecular flexibility index (Phi) is 2.31. The second kappa shape index (κ2) is 3.35. The number of nitrogens with zero attached hydrogens (tertiary/aromatic N) is 1. The van der Waals surface area contributed by atoms with Gasteiger partial charge >= 0.3 is 0 Å². The molecule has 4 heteroatoms. The van der Waals surface area contributed by atoms with Crippen molar-refractivity contribution >= 4 is 11.8 Å². The van der Waals surface area contributed by atoms with E-state index in [-0.39, 0.29) is 23.7 Å². The Balaban J connectivity index is 1.81. The van der Waals surface area contributed by atoms with E-state index in [1.54, 1.807) is 0 Å². The van der Waals surface area contributed by atoms with Crippen molar-refractivity contribution in [2.24, 2.45) is 11.8 Å². The van der Waals surface area contributed by atoms with Crippen LogP contribution < -0.4 is 5.32 Å². The van der Waals surface area contributed by atoms with Crippen molar-refractivity contribution in [3.63, 3.8) is 0 Å². The van der Waals surface area contributed by atoms with Crippen molar-refractivity contribution < 1.29 is 9.59 Å². The summed E-state index contributed by atoms with van der Waals surface area (Å²) in [4.78, 5) is 24.4. The van der Waals surface area contributed by atoms with E-state index in [2.05, 4.69) is 5.32 Å². The van der Waals surface area contributed by atoms with Gasteiger partial charge in [-0.05, 0) is 6.42 Å². The van der Waals surface area contributed by atoms with Crippen molar-refractivity contribution in [1.29, 1.82) is 0 Å². The van der Waals surface area contributed by atoms with Gasteiger partial charge in [-0.25, -0.2) is 0 Å². The summed E-state index contributed by atoms with van der Waals surface area (Å²) >= 11 is 0. The lowest BCUT2D eigenvalue weighted by molar-refractivity contribution is -0.141. The van der Waals surface area contributed by atoms with Gasteiger partial charge in [-0.2, -0.15) is 0 Å². The summed E-state index contributed by atoms with van der Waals surface area (Å²) in [6.07, 6.45) is 0.797. The predicted octanol–water partition coefficient (Wildman–Crippen LogP) is -0.0107. The molecule has 2 aliphatic rings. The van der Waals surface area contributed by atoms with E-state index in [1.807, 2.05) is 13.8 Å². The fourth-order valence-electron chi connectivity index (χ4n) is 1.94. The van der Waals surface area contributed by atoms with Gasteiger partial charge in [0.1, 0.15) is 0 Å². The maximum absolute atomic E-state index is 11.5. The Morgan fingerprint density at radius 2 is 1.93 bits per heavy atom. The van der Waals surface area contributed by atoms with E-state index in [4.69, 9.17) is 0 Å². The summed E-state index contributed by atoms with van der Waals surface area (Å²) < 4.78 is 0. The molecule has 0 spiro atoms. The molecule has 1 heterocycles. The van der Waals surface area contributed by atoms with Crippen LogP contribution >= 0.6 is 0 Å². The van der Waals surface area contributed by atoms with Crippen molar-refractivity contribution in [2.75, 3.05) is 13.1 Å². The molecule has 2 fully saturated rings. The third-order valence-corrected chi connectivity index (χ3v) is 2.84. The van der Waals surface area contributed by atoms with E-state index in [1.165, 1.54) is 4.90 Å². The van der Waals surface area contributed by atoms with Gasteiger partial charge in [0.25, 0.3) is 0 Å². The Hall–Kier alpha value is -0.900. The molecule has 2 unspecified atom stereocenters. The molecule has 1 saturated heterocycles. The Labute approximate surface area is 83.6 Å². The smallest absolute Gasteiger partial charge is 0.233 e. The first-order valence-corrected chi connectivity index (χ1v) is 5.20. The molecule has 0 aromatic carbocycles. The minimum absolute atomic E-state index is 0.0431. The summed E-state index contributed by atoms with van der Waals surface area (Å²) in [6.45, 7) is 5.33. The third kappa shape index (κ3) is 1.54. The fourth-order valence-corrected chi connectivity index (χ4v) is 1.94. The van der Waals surface area contributed by atoms with E-state index < -0.39 is 0 Å². The predicted molar refractivity (Wildman–Crippen MR) is 51.5 cm³/mol. The van der Waals surface area contributed by atoms with E-state index >= 15 is 0 Å².